The van der Waals surface area contributed by atoms with Crippen molar-refractivity contribution in [1.29, 1.82) is 5.26 Å². The Labute approximate surface area is 194 Å². The standard InChI is InChI=1S/C24H23N3O2S.C2H6/c1-15-11-17(4-3-16(2)28)7-9-21(15)24-27-26-23(30-24)19-8-10-22(20(12-19)13-25)29-14-18-5-6-18;1-2/h7-12,18,28H,2-6,14H2,1H3;1-2H3. The summed E-state index contributed by atoms with van der Waals surface area (Å²) >= 11 is 1.50. The van der Waals surface area contributed by atoms with Crippen molar-refractivity contribution in [2.75, 3.05) is 6.61 Å². The maximum atomic E-state index is 9.51. The monoisotopic (exact) mass is 447 g/mol. The van der Waals surface area contributed by atoms with Crippen LogP contribution in [0, 0.1) is 24.2 Å². The Morgan fingerprint density at radius 3 is 2.59 bits per heavy atom. The number of rotatable bonds is 8. The Morgan fingerprint density at radius 1 is 1.19 bits per heavy atom. The van der Waals surface area contributed by atoms with E-state index >= 15 is 0 Å². The van der Waals surface area contributed by atoms with Crippen LogP contribution in [0.2, 0.25) is 0 Å². The summed E-state index contributed by atoms with van der Waals surface area (Å²) in [6.07, 6.45) is 3.74. The molecule has 1 N–H and O–H groups in total. The van der Waals surface area contributed by atoms with E-state index in [2.05, 4.69) is 28.9 Å². The molecule has 5 nitrogen and oxygen atoms in total. The van der Waals surface area contributed by atoms with Gasteiger partial charge < -0.3 is 9.84 Å². The molecule has 0 bridgehead atoms. The molecule has 0 amide bonds. The number of aliphatic hydroxyl groups is 1. The van der Waals surface area contributed by atoms with Gasteiger partial charge in [0.15, 0.2) is 0 Å². The fraction of sp³-hybridized carbons (Fsp3) is 0.346. The molecule has 0 unspecified atom stereocenters. The van der Waals surface area contributed by atoms with Gasteiger partial charge >= 0.3 is 0 Å². The molecule has 1 fully saturated rings. The normalized spacial score (nSPS) is 12.4. The van der Waals surface area contributed by atoms with Crippen LogP contribution in [0.4, 0.5) is 0 Å². The first-order valence-electron chi connectivity index (χ1n) is 11.0. The Bertz CT molecular complexity index is 1130. The average molecular weight is 448 g/mol. The number of ether oxygens (including phenoxy) is 1. The summed E-state index contributed by atoms with van der Waals surface area (Å²) < 4.78 is 5.80. The van der Waals surface area contributed by atoms with Crippen molar-refractivity contribution in [3.05, 3.63) is 65.4 Å². The van der Waals surface area contributed by atoms with Crippen molar-refractivity contribution in [2.24, 2.45) is 5.92 Å². The number of nitriles is 1. The van der Waals surface area contributed by atoms with Crippen molar-refractivity contribution < 1.29 is 9.84 Å². The lowest BCUT2D eigenvalue weighted by atomic mass is 10.0. The van der Waals surface area contributed by atoms with E-state index in [0.29, 0.717) is 30.3 Å². The average Bonchev–Trinajstić information content (AvgIpc) is 3.52. The van der Waals surface area contributed by atoms with Crippen LogP contribution >= 0.6 is 11.3 Å². The first kappa shape index (κ1) is 23.5. The third-order valence-corrected chi connectivity index (χ3v) is 6.17. The van der Waals surface area contributed by atoms with Crippen LogP contribution in [-0.2, 0) is 6.42 Å². The highest BCUT2D eigenvalue weighted by molar-refractivity contribution is 7.17. The van der Waals surface area contributed by atoms with Gasteiger partial charge in [0.05, 0.1) is 17.9 Å². The zero-order valence-corrected chi connectivity index (χ0v) is 19.7. The Hall–Kier alpha value is -3.17. The molecule has 32 heavy (non-hydrogen) atoms. The second-order valence-electron chi connectivity index (χ2n) is 7.70. The number of allylic oxidation sites excluding steroid dienone is 1. The molecule has 0 radical (unpaired) electrons. The molecule has 6 heteroatoms. The largest absolute Gasteiger partial charge is 0.513 e. The van der Waals surface area contributed by atoms with Crippen molar-refractivity contribution in [3.8, 4) is 33.0 Å². The Morgan fingerprint density at radius 2 is 1.94 bits per heavy atom. The lowest BCUT2D eigenvalue weighted by Crippen LogP contribution is -2.00. The Kier molecular flexibility index (Phi) is 8.02. The molecule has 166 valence electrons. The smallest absolute Gasteiger partial charge is 0.148 e. The zero-order chi connectivity index (χ0) is 23.1. The zero-order valence-electron chi connectivity index (χ0n) is 18.9. The van der Waals surface area contributed by atoms with Gasteiger partial charge in [-0.1, -0.05) is 50.0 Å². The minimum absolute atomic E-state index is 0.200. The molecular weight excluding hydrogens is 418 g/mol. The van der Waals surface area contributed by atoms with Crippen molar-refractivity contribution >= 4 is 11.3 Å². The van der Waals surface area contributed by atoms with Gasteiger partial charge in [-0.2, -0.15) is 5.26 Å². The molecule has 2 aromatic carbocycles. The second kappa shape index (κ2) is 10.9. The van der Waals surface area contributed by atoms with Crippen molar-refractivity contribution in [1.82, 2.24) is 10.2 Å². The Balaban J connectivity index is 0.00000141. The minimum atomic E-state index is 0.200. The van der Waals surface area contributed by atoms with E-state index in [1.54, 1.807) is 0 Å². The number of aliphatic hydroxyl groups excluding tert-OH is 1. The van der Waals surface area contributed by atoms with Gasteiger partial charge in [-0.25, -0.2) is 0 Å². The maximum Gasteiger partial charge on any atom is 0.148 e. The second-order valence-corrected chi connectivity index (χ2v) is 8.68. The van der Waals surface area contributed by atoms with Gasteiger partial charge in [-0.3, -0.25) is 0 Å². The molecule has 1 saturated carbocycles. The van der Waals surface area contributed by atoms with Gasteiger partial charge in [0.25, 0.3) is 0 Å². The van der Waals surface area contributed by atoms with E-state index in [0.717, 1.165) is 38.7 Å². The number of benzene rings is 2. The predicted molar refractivity (Wildman–Crippen MR) is 130 cm³/mol. The summed E-state index contributed by atoms with van der Waals surface area (Å²) in [6.45, 7) is 10.3. The van der Waals surface area contributed by atoms with E-state index in [4.69, 9.17) is 4.74 Å². The predicted octanol–water partition coefficient (Wildman–Crippen LogP) is 6.87. The summed E-state index contributed by atoms with van der Waals surface area (Å²) in [5.74, 6) is 1.47. The molecule has 1 aromatic heterocycles. The van der Waals surface area contributed by atoms with Crippen LogP contribution in [0.5, 0.6) is 5.75 Å². The number of aromatic nitrogens is 2. The van der Waals surface area contributed by atoms with E-state index in [9.17, 15) is 10.4 Å². The molecule has 3 aromatic rings. The third kappa shape index (κ3) is 5.95. The van der Waals surface area contributed by atoms with Gasteiger partial charge in [0.1, 0.15) is 21.8 Å². The topological polar surface area (TPSA) is 79.0 Å². The van der Waals surface area contributed by atoms with Crippen LogP contribution in [0.1, 0.15) is 49.8 Å². The van der Waals surface area contributed by atoms with Gasteiger partial charge in [-0.05, 0) is 61.4 Å². The summed E-state index contributed by atoms with van der Waals surface area (Å²) in [5.41, 5.74) is 4.69. The van der Waals surface area contributed by atoms with E-state index in [-0.39, 0.29) is 5.76 Å². The number of hydrogen-bond acceptors (Lipinski definition) is 6. The van der Waals surface area contributed by atoms with Crippen LogP contribution < -0.4 is 4.74 Å². The summed E-state index contributed by atoms with van der Waals surface area (Å²) in [7, 11) is 0. The summed E-state index contributed by atoms with van der Waals surface area (Å²) in [6, 6.07) is 14.0. The quantitative estimate of drug-likeness (QED) is 0.381. The van der Waals surface area contributed by atoms with E-state index in [1.165, 1.54) is 24.2 Å². The van der Waals surface area contributed by atoms with Crippen LogP contribution in [0.25, 0.3) is 21.1 Å². The fourth-order valence-electron chi connectivity index (χ4n) is 3.23. The highest BCUT2D eigenvalue weighted by Crippen LogP contribution is 2.35. The third-order valence-electron chi connectivity index (χ3n) is 5.17. The number of aryl methyl sites for hydroxylation is 2. The fourth-order valence-corrected chi connectivity index (χ4v) is 4.16. The van der Waals surface area contributed by atoms with Crippen LogP contribution in [-0.4, -0.2) is 21.9 Å². The van der Waals surface area contributed by atoms with Crippen LogP contribution in [0.15, 0.2) is 48.7 Å². The molecule has 4 rings (SSSR count). The molecule has 0 spiro atoms. The molecule has 1 aliphatic carbocycles. The number of nitrogens with zero attached hydrogens (tertiary/aromatic N) is 3. The van der Waals surface area contributed by atoms with Gasteiger partial charge in [0, 0.05) is 17.5 Å². The van der Waals surface area contributed by atoms with Crippen LogP contribution in [0.3, 0.4) is 0 Å². The van der Waals surface area contributed by atoms with Crippen molar-refractivity contribution in [2.45, 2.75) is 46.5 Å². The first-order chi connectivity index (χ1) is 15.5. The molecule has 0 atom stereocenters. The number of hydrogen-bond donors (Lipinski definition) is 1. The maximum absolute atomic E-state index is 9.51. The molecule has 1 aliphatic rings. The molecular formula is C26H29N3O2S. The molecule has 1 heterocycles. The lowest BCUT2D eigenvalue weighted by molar-refractivity contribution is 0.299. The van der Waals surface area contributed by atoms with Gasteiger partial charge in [0.2, 0.25) is 0 Å². The SMILES string of the molecule is C=C(O)CCc1ccc(-c2nnc(-c3ccc(OCC4CC4)c(C#N)c3)s2)c(C)c1.CC. The summed E-state index contributed by atoms with van der Waals surface area (Å²) in [4.78, 5) is 0. The summed E-state index contributed by atoms with van der Waals surface area (Å²) in [5, 5.41) is 29.1. The highest BCUT2D eigenvalue weighted by Gasteiger charge is 2.22. The van der Waals surface area contributed by atoms with Crippen molar-refractivity contribution in [3.63, 3.8) is 0 Å². The first-order valence-corrected chi connectivity index (χ1v) is 11.8. The molecule has 0 saturated heterocycles. The van der Waals surface area contributed by atoms with Gasteiger partial charge in [-0.15, -0.1) is 10.2 Å². The lowest BCUT2D eigenvalue weighted by Gasteiger charge is -2.08. The highest BCUT2D eigenvalue weighted by atomic mass is 32.1. The van der Waals surface area contributed by atoms with E-state index in [1.807, 2.05) is 51.1 Å². The molecule has 0 aliphatic heterocycles. The minimum Gasteiger partial charge on any atom is -0.513 e. The van der Waals surface area contributed by atoms with E-state index < -0.39 is 0 Å².